The van der Waals surface area contributed by atoms with Crippen LogP contribution in [0.25, 0.3) is 0 Å². The number of nitrogens with zero attached hydrogens (tertiary/aromatic N) is 1. The second kappa shape index (κ2) is 7.51. The van der Waals surface area contributed by atoms with Crippen molar-refractivity contribution in [2.75, 3.05) is 17.7 Å². The summed E-state index contributed by atoms with van der Waals surface area (Å²) in [7, 11) is 1.31. The Labute approximate surface area is 143 Å². The highest BCUT2D eigenvalue weighted by molar-refractivity contribution is 7.80. The summed E-state index contributed by atoms with van der Waals surface area (Å²) in [4.78, 5) is 21.9. The first kappa shape index (κ1) is 17.4. The lowest BCUT2D eigenvalue weighted by molar-refractivity contribution is -0.384. The van der Waals surface area contributed by atoms with Crippen molar-refractivity contribution in [3.63, 3.8) is 0 Å². The number of anilines is 2. The van der Waals surface area contributed by atoms with Crippen LogP contribution in [0.2, 0.25) is 0 Å². The van der Waals surface area contributed by atoms with Gasteiger partial charge in [0.05, 0.1) is 17.6 Å². The largest absolute Gasteiger partial charge is 0.465 e. The lowest BCUT2D eigenvalue weighted by Crippen LogP contribution is -2.20. The van der Waals surface area contributed by atoms with Gasteiger partial charge in [0.15, 0.2) is 5.11 Å². The molecule has 0 spiro atoms. The number of nitrogens with one attached hydrogen (secondary N) is 2. The fraction of sp³-hybridized carbons (Fsp3) is 0.125. The average Bonchev–Trinajstić information content (AvgIpc) is 2.56. The molecule has 0 radical (unpaired) electrons. The number of hydrogen-bond acceptors (Lipinski definition) is 5. The van der Waals surface area contributed by atoms with Crippen LogP contribution in [0.5, 0.6) is 0 Å². The van der Waals surface area contributed by atoms with E-state index >= 15 is 0 Å². The van der Waals surface area contributed by atoms with Gasteiger partial charge >= 0.3 is 5.97 Å². The molecule has 7 nitrogen and oxygen atoms in total. The molecule has 8 heteroatoms. The first-order chi connectivity index (χ1) is 11.4. The number of nitro groups is 1. The predicted octanol–water partition coefficient (Wildman–Crippen LogP) is 3.50. The predicted molar refractivity (Wildman–Crippen MR) is 95.5 cm³/mol. The summed E-state index contributed by atoms with van der Waals surface area (Å²) in [6.07, 6.45) is 0. The van der Waals surface area contributed by atoms with Crippen LogP contribution in [0.4, 0.5) is 17.1 Å². The molecule has 0 aliphatic heterocycles. The van der Waals surface area contributed by atoms with E-state index in [1.807, 2.05) is 6.92 Å². The second-order valence-electron chi connectivity index (χ2n) is 4.91. The number of hydrogen-bond donors (Lipinski definition) is 2. The number of aryl methyl sites for hydroxylation is 1. The second-order valence-corrected chi connectivity index (χ2v) is 5.32. The summed E-state index contributed by atoms with van der Waals surface area (Å²) in [6, 6.07) is 11.1. The third kappa shape index (κ3) is 4.26. The summed E-state index contributed by atoms with van der Waals surface area (Å²) < 4.78 is 4.69. The highest BCUT2D eigenvalue weighted by Gasteiger charge is 2.10. The van der Waals surface area contributed by atoms with Crippen molar-refractivity contribution in [1.82, 2.24) is 0 Å². The van der Waals surface area contributed by atoms with E-state index < -0.39 is 10.9 Å². The van der Waals surface area contributed by atoms with E-state index in [4.69, 9.17) is 12.2 Å². The Hall–Kier alpha value is -3.00. The van der Waals surface area contributed by atoms with Crippen molar-refractivity contribution in [3.8, 4) is 0 Å². The number of nitro benzene ring substituents is 1. The first-order valence-electron chi connectivity index (χ1n) is 6.92. The zero-order valence-electron chi connectivity index (χ0n) is 13.0. The van der Waals surface area contributed by atoms with Gasteiger partial charge in [0.2, 0.25) is 0 Å². The van der Waals surface area contributed by atoms with Crippen LogP contribution < -0.4 is 10.6 Å². The van der Waals surface area contributed by atoms with Crippen molar-refractivity contribution in [3.05, 3.63) is 63.7 Å². The summed E-state index contributed by atoms with van der Waals surface area (Å²) in [5.74, 6) is -0.449. The first-order valence-corrected chi connectivity index (χ1v) is 7.33. The molecule has 0 unspecified atom stereocenters. The summed E-state index contributed by atoms with van der Waals surface area (Å²) >= 11 is 5.22. The summed E-state index contributed by atoms with van der Waals surface area (Å²) in [6.45, 7) is 1.86. The maximum absolute atomic E-state index is 11.6. The highest BCUT2D eigenvalue weighted by atomic mass is 32.1. The van der Waals surface area contributed by atoms with Crippen LogP contribution in [0, 0.1) is 17.0 Å². The van der Waals surface area contributed by atoms with Crippen molar-refractivity contribution in [2.45, 2.75) is 6.92 Å². The van der Waals surface area contributed by atoms with Gasteiger partial charge in [-0.3, -0.25) is 10.1 Å². The molecule has 0 fully saturated rings. The number of esters is 1. The van der Waals surface area contributed by atoms with Crippen LogP contribution in [0.15, 0.2) is 42.5 Å². The van der Waals surface area contributed by atoms with Crippen LogP contribution in [0.3, 0.4) is 0 Å². The molecule has 0 atom stereocenters. The lowest BCUT2D eigenvalue weighted by Gasteiger charge is -2.13. The fourth-order valence-corrected chi connectivity index (χ4v) is 2.21. The fourth-order valence-electron chi connectivity index (χ4n) is 1.98. The van der Waals surface area contributed by atoms with Gasteiger partial charge in [-0.05, 0) is 42.9 Å². The maximum Gasteiger partial charge on any atom is 0.337 e. The van der Waals surface area contributed by atoms with E-state index in [1.165, 1.54) is 19.2 Å². The number of carbonyl (C=O) groups excluding carboxylic acids is 1. The Morgan fingerprint density at radius 3 is 2.62 bits per heavy atom. The van der Waals surface area contributed by atoms with Gasteiger partial charge < -0.3 is 15.4 Å². The number of benzene rings is 2. The van der Waals surface area contributed by atoms with Gasteiger partial charge in [-0.1, -0.05) is 12.1 Å². The van der Waals surface area contributed by atoms with E-state index in [9.17, 15) is 14.9 Å². The number of methoxy groups -OCH3 is 1. The number of ether oxygens (including phenoxy) is 1. The Balaban J connectivity index is 2.14. The van der Waals surface area contributed by atoms with Gasteiger partial charge in [-0.2, -0.15) is 0 Å². The maximum atomic E-state index is 11.6. The molecular weight excluding hydrogens is 330 g/mol. The molecule has 2 aromatic rings. The third-order valence-corrected chi connectivity index (χ3v) is 3.43. The van der Waals surface area contributed by atoms with Crippen LogP contribution in [-0.2, 0) is 4.74 Å². The average molecular weight is 345 g/mol. The van der Waals surface area contributed by atoms with E-state index in [1.54, 1.807) is 30.3 Å². The van der Waals surface area contributed by atoms with E-state index in [-0.39, 0.29) is 10.8 Å². The molecule has 0 heterocycles. The Bertz CT molecular complexity index is 808. The lowest BCUT2D eigenvalue weighted by atomic mass is 10.1. The number of rotatable bonds is 4. The summed E-state index contributed by atoms with van der Waals surface area (Å²) in [5, 5.41) is 16.9. The molecule has 0 aliphatic rings. The molecule has 0 bridgehead atoms. The zero-order chi connectivity index (χ0) is 17.7. The highest BCUT2D eigenvalue weighted by Crippen LogP contribution is 2.20. The van der Waals surface area contributed by atoms with Crippen LogP contribution in [-0.4, -0.2) is 23.1 Å². The topological polar surface area (TPSA) is 93.5 Å². The minimum Gasteiger partial charge on any atom is -0.465 e. The smallest absolute Gasteiger partial charge is 0.337 e. The summed E-state index contributed by atoms with van der Waals surface area (Å²) in [5.41, 5.74) is 2.37. The van der Waals surface area contributed by atoms with E-state index in [0.29, 0.717) is 16.9 Å². The molecular formula is C16H15N3O4S. The number of non-ortho nitro benzene ring substituents is 1. The van der Waals surface area contributed by atoms with Crippen molar-refractivity contribution in [2.24, 2.45) is 0 Å². The Morgan fingerprint density at radius 2 is 1.96 bits per heavy atom. The van der Waals surface area contributed by atoms with Gasteiger partial charge in [0, 0.05) is 23.5 Å². The third-order valence-electron chi connectivity index (χ3n) is 3.22. The van der Waals surface area contributed by atoms with Gasteiger partial charge in [-0.25, -0.2) is 4.79 Å². The molecule has 0 saturated heterocycles. The molecule has 124 valence electrons. The Kier molecular flexibility index (Phi) is 5.43. The number of carbonyl (C=O) groups is 1. The van der Waals surface area contributed by atoms with Crippen LogP contribution >= 0.6 is 12.2 Å². The molecule has 0 aromatic heterocycles. The minimum atomic E-state index is -0.481. The van der Waals surface area contributed by atoms with Crippen molar-refractivity contribution in [1.29, 1.82) is 0 Å². The Morgan fingerprint density at radius 1 is 1.21 bits per heavy atom. The van der Waals surface area contributed by atoms with Gasteiger partial charge in [-0.15, -0.1) is 0 Å². The molecule has 0 amide bonds. The van der Waals surface area contributed by atoms with Crippen molar-refractivity contribution < 1.29 is 14.5 Å². The molecule has 2 aromatic carbocycles. The van der Waals surface area contributed by atoms with Gasteiger partial charge in [0.25, 0.3) is 5.69 Å². The monoisotopic (exact) mass is 345 g/mol. The zero-order valence-corrected chi connectivity index (χ0v) is 13.8. The number of thiocarbonyl (C=S) groups is 1. The molecule has 2 N–H and O–H groups in total. The normalized spacial score (nSPS) is 9.92. The quantitative estimate of drug-likeness (QED) is 0.379. The minimum absolute atomic E-state index is 0.0355. The molecule has 0 saturated carbocycles. The molecule has 0 aliphatic carbocycles. The van der Waals surface area contributed by atoms with Crippen molar-refractivity contribution >= 4 is 40.4 Å². The van der Waals surface area contributed by atoms with E-state index in [2.05, 4.69) is 15.4 Å². The molecule has 24 heavy (non-hydrogen) atoms. The van der Waals surface area contributed by atoms with Crippen LogP contribution in [0.1, 0.15) is 15.9 Å². The van der Waals surface area contributed by atoms with Gasteiger partial charge in [0.1, 0.15) is 0 Å². The SMILES string of the molecule is COC(=O)c1ccc(C)c(NC(=S)Nc2cccc([N+](=O)[O-])c2)c1. The molecule has 2 rings (SSSR count). The van der Waals surface area contributed by atoms with E-state index in [0.717, 1.165) is 5.56 Å². The standard InChI is InChI=1S/C16H15N3O4S/c1-10-6-7-11(15(20)23-2)8-14(10)18-16(24)17-12-4-3-5-13(9-12)19(21)22/h3-9H,1-2H3,(H2,17,18,24).